The molecule has 1 aliphatic rings. The fraction of sp³-hybridized carbons (Fsp3) is 0.250. The van der Waals surface area contributed by atoms with Crippen LogP contribution in [0.2, 0.25) is 0 Å². The molecule has 19 heavy (non-hydrogen) atoms. The van der Waals surface area contributed by atoms with E-state index in [1.165, 1.54) is 12.1 Å². The van der Waals surface area contributed by atoms with E-state index in [1.54, 1.807) is 24.5 Å². The fourth-order valence-corrected chi connectivity index (χ4v) is 1.46. The summed E-state index contributed by atoms with van der Waals surface area (Å²) in [5.74, 6) is -0.266. The van der Waals surface area contributed by atoms with Gasteiger partial charge in [0.15, 0.2) is 6.10 Å². The Morgan fingerprint density at radius 2 is 2.00 bits per heavy atom. The molecule has 2 N–H and O–H groups in total. The van der Waals surface area contributed by atoms with Crippen LogP contribution in [0.15, 0.2) is 36.7 Å². The zero-order valence-corrected chi connectivity index (χ0v) is 10.6. The van der Waals surface area contributed by atoms with Crippen molar-refractivity contribution in [3.63, 3.8) is 0 Å². The van der Waals surface area contributed by atoms with Crippen molar-refractivity contribution in [2.45, 2.75) is 13.0 Å². The quantitative estimate of drug-likeness (QED) is 0.826. The number of methoxy groups -OCH3 is 1. The Labute approximate surface area is 110 Å². The molecule has 1 heterocycles. The van der Waals surface area contributed by atoms with Gasteiger partial charge in [-0.2, -0.15) is 5.17 Å². The molecule has 7 nitrogen and oxygen atoms in total. The van der Waals surface area contributed by atoms with Gasteiger partial charge in [-0.15, -0.1) is 5.53 Å². The molecule has 1 atom stereocenters. The number of carboxylic acids is 1. The number of carboxylic acid groups (broad SMARTS) is 1. The minimum absolute atomic E-state index is 0.763. The van der Waals surface area contributed by atoms with Crippen LogP contribution in [-0.4, -0.2) is 29.5 Å². The fourth-order valence-electron chi connectivity index (χ4n) is 1.46. The predicted octanol–water partition coefficient (Wildman–Crippen LogP) is 1.11. The van der Waals surface area contributed by atoms with Crippen molar-refractivity contribution in [3.8, 4) is 5.75 Å². The monoisotopic (exact) mass is 265 g/mol. The molecule has 2 rings (SSSR count). The summed E-state index contributed by atoms with van der Waals surface area (Å²) in [6.45, 7) is 1.45. The average molecular weight is 265 g/mol. The summed E-state index contributed by atoms with van der Waals surface area (Å²) in [4.78, 5) is 15.8. The van der Waals surface area contributed by atoms with Gasteiger partial charge in [-0.1, -0.05) is 0 Å². The van der Waals surface area contributed by atoms with Gasteiger partial charge in [-0.25, -0.2) is 9.63 Å². The number of hydrazine groups is 2. The number of hydrogen-bond donors (Lipinski definition) is 2. The molecule has 7 heteroatoms. The van der Waals surface area contributed by atoms with Gasteiger partial charge in [-0.05, 0) is 31.2 Å². The second kappa shape index (κ2) is 5.59. The molecule has 0 aromatic heterocycles. The first kappa shape index (κ1) is 13.2. The molecule has 0 amide bonds. The van der Waals surface area contributed by atoms with E-state index in [2.05, 4.69) is 5.53 Å². The summed E-state index contributed by atoms with van der Waals surface area (Å²) in [6, 6.07) is 7.38. The summed E-state index contributed by atoms with van der Waals surface area (Å²) in [6.07, 6.45) is 2.37. The van der Waals surface area contributed by atoms with Gasteiger partial charge in [-0.3, -0.25) is 5.01 Å². The highest BCUT2D eigenvalue weighted by atomic mass is 16.7. The maximum Gasteiger partial charge on any atom is 0.335 e. The van der Waals surface area contributed by atoms with E-state index in [4.69, 9.17) is 14.7 Å². The summed E-state index contributed by atoms with van der Waals surface area (Å²) in [7, 11) is 1.60. The molecule has 1 aromatic carbocycles. The third-order valence-electron chi connectivity index (χ3n) is 2.53. The normalized spacial score (nSPS) is 15.7. The van der Waals surface area contributed by atoms with Gasteiger partial charge in [0.1, 0.15) is 5.75 Å². The topological polar surface area (TPSA) is 74.3 Å². The second-order valence-electron chi connectivity index (χ2n) is 3.88. The van der Waals surface area contributed by atoms with E-state index in [9.17, 15) is 4.79 Å². The SMILES string of the molecule is COc1ccc(N2C=CN(OC(C)C(=O)O)N2)cc1. The number of hydrogen-bond acceptors (Lipinski definition) is 6. The minimum atomic E-state index is -1.03. The lowest BCUT2D eigenvalue weighted by Crippen LogP contribution is -2.42. The zero-order chi connectivity index (χ0) is 13.8. The van der Waals surface area contributed by atoms with Gasteiger partial charge < -0.3 is 9.84 Å². The Morgan fingerprint density at radius 1 is 1.32 bits per heavy atom. The predicted molar refractivity (Wildman–Crippen MR) is 67.8 cm³/mol. The number of aliphatic carboxylic acids is 1. The van der Waals surface area contributed by atoms with Crippen LogP contribution in [0.5, 0.6) is 5.75 Å². The third kappa shape index (κ3) is 3.15. The molecule has 0 saturated carbocycles. The molecular weight excluding hydrogens is 250 g/mol. The standard InChI is InChI=1S/C12H15N3O4/c1-9(12(16)17)19-15-8-7-14(13-15)10-3-5-11(18-2)6-4-10/h3-9,13H,1-2H3,(H,16,17). The van der Waals surface area contributed by atoms with E-state index in [0.717, 1.165) is 11.4 Å². The number of carbonyl (C=O) groups is 1. The number of hydroxylamine groups is 1. The lowest BCUT2D eigenvalue weighted by Gasteiger charge is -2.23. The zero-order valence-electron chi connectivity index (χ0n) is 10.6. The second-order valence-corrected chi connectivity index (χ2v) is 3.88. The molecule has 0 spiro atoms. The van der Waals surface area contributed by atoms with Gasteiger partial charge in [0, 0.05) is 6.20 Å². The summed E-state index contributed by atoms with van der Waals surface area (Å²) < 4.78 is 5.07. The molecule has 0 radical (unpaired) electrons. The number of nitrogens with zero attached hydrogens (tertiary/aromatic N) is 2. The summed E-state index contributed by atoms with van der Waals surface area (Å²) in [5, 5.41) is 11.7. The van der Waals surface area contributed by atoms with E-state index in [0.29, 0.717) is 0 Å². The van der Waals surface area contributed by atoms with Crippen LogP contribution >= 0.6 is 0 Å². The maximum absolute atomic E-state index is 10.7. The molecule has 1 unspecified atom stereocenters. The minimum Gasteiger partial charge on any atom is -0.497 e. The molecule has 102 valence electrons. The third-order valence-corrected chi connectivity index (χ3v) is 2.53. The molecule has 1 aliphatic heterocycles. The number of ether oxygens (including phenoxy) is 1. The molecule has 0 bridgehead atoms. The lowest BCUT2D eigenvalue weighted by molar-refractivity contribution is -0.201. The lowest BCUT2D eigenvalue weighted by atomic mass is 10.3. The number of rotatable bonds is 5. The highest BCUT2D eigenvalue weighted by molar-refractivity contribution is 5.71. The first-order valence-corrected chi connectivity index (χ1v) is 5.67. The molecule has 0 fully saturated rings. The van der Waals surface area contributed by atoms with Crippen molar-refractivity contribution in [3.05, 3.63) is 36.7 Å². The molecule has 1 aromatic rings. The number of nitrogens with one attached hydrogen (secondary N) is 1. The molecular formula is C12H15N3O4. The molecule has 0 aliphatic carbocycles. The maximum atomic E-state index is 10.7. The average Bonchev–Trinajstić information content (AvgIpc) is 2.87. The highest BCUT2D eigenvalue weighted by Crippen LogP contribution is 2.20. The van der Waals surface area contributed by atoms with Crippen molar-refractivity contribution >= 4 is 11.7 Å². The molecule has 0 saturated heterocycles. The van der Waals surface area contributed by atoms with Gasteiger partial charge >= 0.3 is 5.97 Å². The number of benzene rings is 1. The highest BCUT2D eigenvalue weighted by Gasteiger charge is 2.20. The smallest absolute Gasteiger partial charge is 0.335 e. The van der Waals surface area contributed by atoms with Crippen molar-refractivity contribution in [2.24, 2.45) is 0 Å². The first-order valence-electron chi connectivity index (χ1n) is 5.67. The summed E-state index contributed by atoms with van der Waals surface area (Å²) in [5.41, 5.74) is 3.73. The van der Waals surface area contributed by atoms with Crippen molar-refractivity contribution in [1.82, 2.24) is 10.7 Å². The number of anilines is 1. The largest absolute Gasteiger partial charge is 0.497 e. The summed E-state index contributed by atoms with van der Waals surface area (Å²) >= 11 is 0. The van der Waals surface area contributed by atoms with E-state index >= 15 is 0 Å². The van der Waals surface area contributed by atoms with Crippen LogP contribution in [0, 0.1) is 0 Å². The van der Waals surface area contributed by atoms with Crippen molar-refractivity contribution in [1.29, 1.82) is 0 Å². The van der Waals surface area contributed by atoms with Gasteiger partial charge in [0.25, 0.3) is 0 Å². The van der Waals surface area contributed by atoms with Crippen LogP contribution in [-0.2, 0) is 9.63 Å². The van der Waals surface area contributed by atoms with Crippen LogP contribution < -0.4 is 15.3 Å². The Balaban J connectivity index is 1.94. The van der Waals surface area contributed by atoms with E-state index < -0.39 is 12.1 Å². The van der Waals surface area contributed by atoms with E-state index in [-0.39, 0.29) is 0 Å². The Hall–Kier alpha value is -2.25. The van der Waals surface area contributed by atoms with Crippen LogP contribution in [0.25, 0.3) is 0 Å². The van der Waals surface area contributed by atoms with Crippen LogP contribution in [0.1, 0.15) is 6.92 Å². The van der Waals surface area contributed by atoms with E-state index in [1.807, 2.05) is 24.3 Å². The van der Waals surface area contributed by atoms with Crippen LogP contribution in [0.3, 0.4) is 0 Å². The first-order chi connectivity index (χ1) is 9.10. The van der Waals surface area contributed by atoms with Crippen LogP contribution in [0.4, 0.5) is 5.69 Å². The Bertz CT molecular complexity index is 474. The van der Waals surface area contributed by atoms with Gasteiger partial charge in [0.2, 0.25) is 0 Å². The van der Waals surface area contributed by atoms with Crippen molar-refractivity contribution < 1.29 is 19.5 Å². The van der Waals surface area contributed by atoms with Gasteiger partial charge in [0.05, 0.1) is 19.0 Å². The Kier molecular flexibility index (Phi) is 3.88. The van der Waals surface area contributed by atoms with Crippen molar-refractivity contribution in [2.75, 3.05) is 12.1 Å². The Morgan fingerprint density at radius 3 is 2.58 bits per heavy atom.